The van der Waals surface area contributed by atoms with Gasteiger partial charge < -0.3 is 4.74 Å². The van der Waals surface area contributed by atoms with E-state index >= 15 is 0 Å². The van der Waals surface area contributed by atoms with E-state index in [0.717, 1.165) is 11.5 Å². The fraction of sp³-hybridized carbons (Fsp3) is 0.125. The average molecular weight is 222 g/mol. The van der Waals surface area contributed by atoms with E-state index in [4.69, 9.17) is 4.74 Å². The zero-order valence-corrected chi connectivity index (χ0v) is 8.56. The highest BCUT2D eigenvalue weighted by molar-refractivity contribution is 7.08. The van der Waals surface area contributed by atoms with Gasteiger partial charge in [0, 0.05) is 12.4 Å². The van der Waals surface area contributed by atoms with Crippen LogP contribution < -0.4 is 4.74 Å². The maximum Gasteiger partial charge on any atom is 0.316 e. The monoisotopic (exact) mass is 222 g/mol. The third-order valence-electron chi connectivity index (χ3n) is 1.66. The van der Waals surface area contributed by atoms with Gasteiger partial charge in [0.2, 0.25) is 5.78 Å². The van der Waals surface area contributed by atoms with Crippen LogP contribution >= 0.6 is 11.5 Å². The number of hydrogen-bond donors (Lipinski definition) is 0. The van der Waals surface area contributed by atoms with Crippen molar-refractivity contribution in [1.29, 1.82) is 0 Å². The van der Waals surface area contributed by atoms with Crippen LogP contribution in [0.5, 0.6) is 6.01 Å². The fourth-order valence-corrected chi connectivity index (χ4v) is 1.43. The zero-order valence-electron chi connectivity index (χ0n) is 7.75. The Morgan fingerprint density at radius 2 is 2.07 bits per heavy atom. The second kappa shape index (κ2) is 4.09. The largest absolute Gasteiger partial charge is 0.467 e. The lowest BCUT2D eigenvalue weighted by Crippen LogP contribution is -2.01. The summed E-state index contributed by atoms with van der Waals surface area (Å²) in [5.74, 6) is -0.187. The third-order valence-corrected chi connectivity index (χ3v) is 2.32. The summed E-state index contributed by atoms with van der Waals surface area (Å²) in [5, 5.41) is 3.58. The van der Waals surface area contributed by atoms with Crippen LogP contribution in [0, 0.1) is 0 Å². The standard InChI is InChI=1S/C8H6N4O2S/c1-14-8-9-2-5(3-10-8)7(13)6-4-11-12-15-6/h2-4H,1H3. The zero-order chi connectivity index (χ0) is 10.7. The molecule has 0 bridgehead atoms. The molecule has 0 saturated heterocycles. The van der Waals surface area contributed by atoms with E-state index in [1.165, 1.54) is 25.7 Å². The van der Waals surface area contributed by atoms with Gasteiger partial charge in [-0.05, 0) is 11.5 Å². The van der Waals surface area contributed by atoms with Crippen molar-refractivity contribution in [3.8, 4) is 6.01 Å². The molecule has 0 spiro atoms. The molecule has 0 aliphatic heterocycles. The van der Waals surface area contributed by atoms with Crippen molar-refractivity contribution >= 4 is 17.3 Å². The maximum absolute atomic E-state index is 11.7. The quantitative estimate of drug-likeness (QED) is 0.706. The van der Waals surface area contributed by atoms with E-state index in [1.54, 1.807) is 0 Å². The molecule has 2 aromatic rings. The van der Waals surface area contributed by atoms with Crippen LogP contribution in [0.25, 0.3) is 0 Å². The van der Waals surface area contributed by atoms with Crippen molar-refractivity contribution < 1.29 is 9.53 Å². The Balaban J connectivity index is 2.27. The van der Waals surface area contributed by atoms with Crippen LogP contribution in [-0.4, -0.2) is 32.4 Å². The molecule has 0 aliphatic rings. The highest BCUT2D eigenvalue weighted by atomic mass is 32.1. The Morgan fingerprint density at radius 1 is 1.33 bits per heavy atom. The lowest BCUT2D eigenvalue weighted by Gasteiger charge is -1.98. The van der Waals surface area contributed by atoms with Crippen LogP contribution in [-0.2, 0) is 0 Å². The van der Waals surface area contributed by atoms with Crippen molar-refractivity contribution in [3.05, 3.63) is 29.0 Å². The van der Waals surface area contributed by atoms with Gasteiger partial charge in [-0.25, -0.2) is 9.97 Å². The number of rotatable bonds is 3. The maximum atomic E-state index is 11.7. The number of ether oxygens (including phenoxy) is 1. The SMILES string of the molecule is COc1ncc(C(=O)c2cnns2)cn1. The molecule has 0 aliphatic carbocycles. The lowest BCUT2D eigenvalue weighted by atomic mass is 10.2. The summed E-state index contributed by atoms with van der Waals surface area (Å²) in [7, 11) is 1.46. The normalized spacial score (nSPS) is 9.93. The van der Waals surface area contributed by atoms with Crippen molar-refractivity contribution in [2.45, 2.75) is 0 Å². The van der Waals surface area contributed by atoms with Crippen LogP contribution in [0.3, 0.4) is 0 Å². The molecule has 76 valence electrons. The van der Waals surface area contributed by atoms with E-state index in [-0.39, 0.29) is 11.8 Å². The lowest BCUT2D eigenvalue weighted by molar-refractivity contribution is 0.104. The Kier molecular flexibility index (Phi) is 2.64. The van der Waals surface area contributed by atoms with Gasteiger partial charge >= 0.3 is 6.01 Å². The summed E-state index contributed by atoms with van der Waals surface area (Å²) < 4.78 is 8.39. The van der Waals surface area contributed by atoms with Gasteiger partial charge in [0.25, 0.3) is 0 Å². The Labute approximate surface area is 89.1 Å². The molecule has 2 rings (SSSR count). The number of ketones is 1. The number of carbonyl (C=O) groups excluding carboxylic acids is 1. The van der Waals surface area contributed by atoms with Gasteiger partial charge in [-0.1, -0.05) is 4.49 Å². The first kappa shape index (κ1) is 9.66. The minimum Gasteiger partial charge on any atom is -0.467 e. The second-order valence-corrected chi connectivity index (χ2v) is 3.36. The Bertz CT molecular complexity index is 454. The number of hydrogen-bond acceptors (Lipinski definition) is 7. The highest BCUT2D eigenvalue weighted by Gasteiger charge is 2.12. The fourth-order valence-electron chi connectivity index (χ4n) is 0.948. The van der Waals surface area contributed by atoms with E-state index in [1.807, 2.05) is 0 Å². The molecular weight excluding hydrogens is 216 g/mol. The molecule has 2 aromatic heterocycles. The summed E-state index contributed by atoms with van der Waals surface area (Å²) in [4.78, 5) is 19.9. The number of aromatic nitrogens is 4. The van der Waals surface area contributed by atoms with Crippen LogP contribution in [0.15, 0.2) is 18.6 Å². The molecule has 2 heterocycles. The Hall–Kier alpha value is -1.89. The van der Waals surface area contributed by atoms with Crippen molar-refractivity contribution in [3.63, 3.8) is 0 Å². The van der Waals surface area contributed by atoms with E-state index in [9.17, 15) is 4.79 Å². The van der Waals surface area contributed by atoms with Gasteiger partial charge in [-0.15, -0.1) is 5.10 Å². The smallest absolute Gasteiger partial charge is 0.316 e. The predicted molar refractivity (Wildman–Crippen MR) is 51.9 cm³/mol. The first-order valence-electron chi connectivity index (χ1n) is 3.99. The first-order valence-corrected chi connectivity index (χ1v) is 4.76. The van der Waals surface area contributed by atoms with Gasteiger partial charge in [-0.3, -0.25) is 4.79 Å². The summed E-state index contributed by atoms with van der Waals surface area (Å²) in [6.45, 7) is 0. The number of methoxy groups -OCH3 is 1. The molecule has 0 unspecified atom stereocenters. The molecule has 0 saturated carbocycles. The van der Waals surface area contributed by atoms with Crippen LogP contribution in [0.4, 0.5) is 0 Å². The summed E-state index contributed by atoms with van der Waals surface area (Å²) in [5.41, 5.74) is 0.391. The summed E-state index contributed by atoms with van der Waals surface area (Å²) >= 11 is 1.04. The van der Waals surface area contributed by atoms with E-state index in [2.05, 4.69) is 19.6 Å². The van der Waals surface area contributed by atoms with Crippen LogP contribution in [0.1, 0.15) is 15.2 Å². The molecule has 0 radical (unpaired) electrons. The summed E-state index contributed by atoms with van der Waals surface area (Å²) in [6.07, 6.45) is 4.24. The average Bonchev–Trinajstić information content (AvgIpc) is 2.82. The van der Waals surface area contributed by atoms with Gasteiger partial charge in [0.05, 0.1) is 18.9 Å². The van der Waals surface area contributed by atoms with Crippen LogP contribution in [0.2, 0.25) is 0 Å². The molecule has 0 amide bonds. The van der Waals surface area contributed by atoms with Crippen molar-refractivity contribution in [2.24, 2.45) is 0 Å². The number of carbonyl (C=O) groups is 1. The van der Waals surface area contributed by atoms with E-state index < -0.39 is 0 Å². The molecule has 7 heteroatoms. The van der Waals surface area contributed by atoms with Gasteiger partial charge in [0.1, 0.15) is 4.88 Å². The molecular formula is C8H6N4O2S. The molecule has 6 nitrogen and oxygen atoms in total. The minimum atomic E-state index is -0.187. The minimum absolute atomic E-state index is 0.187. The second-order valence-electron chi connectivity index (χ2n) is 2.57. The summed E-state index contributed by atoms with van der Waals surface area (Å²) in [6, 6.07) is 0.231. The predicted octanol–water partition coefficient (Wildman–Crippen LogP) is 0.568. The first-order chi connectivity index (χ1) is 7.31. The van der Waals surface area contributed by atoms with Gasteiger partial charge in [-0.2, -0.15) is 0 Å². The van der Waals surface area contributed by atoms with Crippen molar-refractivity contribution in [1.82, 2.24) is 19.6 Å². The molecule has 0 atom stereocenters. The molecule has 0 N–H and O–H groups in total. The third kappa shape index (κ3) is 1.96. The highest BCUT2D eigenvalue weighted by Crippen LogP contribution is 2.11. The topological polar surface area (TPSA) is 77.9 Å². The molecule has 0 fully saturated rings. The molecule has 15 heavy (non-hydrogen) atoms. The van der Waals surface area contributed by atoms with Gasteiger partial charge in [0.15, 0.2) is 0 Å². The van der Waals surface area contributed by atoms with E-state index in [0.29, 0.717) is 10.4 Å². The van der Waals surface area contributed by atoms with Crippen molar-refractivity contribution in [2.75, 3.05) is 7.11 Å². The number of nitrogens with zero attached hydrogens (tertiary/aromatic N) is 4. The Morgan fingerprint density at radius 3 is 2.60 bits per heavy atom. The molecule has 0 aromatic carbocycles.